The van der Waals surface area contributed by atoms with Gasteiger partial charge in [0.1, 0.15) is 0 Å². The van der Waals surface area contributed by atoms with Crippen LogP contribution in [0.2, 0.25) is 0 Å². The van der Waals surface area contributed by atoms with Crippen molar-refractivity contribution in [2.24, 2.45) is 11.7 Å². The highest BCUT2D eigenvalue weighted by Crippen LogP contribution is 2.30. The lowest BCUT2D eigenvalue weighted by atomic mass is 10.0. The fourth-order valence-electron chi connectivity index (χ4n) is 2.92. The summed E-state index contributed by atoms with van der Waals surface area (Å²) in [6, 6.07) is 0.897. The number of likely N-dealkylation sites (tertiary alicyclic amines) is 2. The molecule has 5 nitrogen and oxygen atoms in total. The van der Waals surface area contributed by atoms with Crippen molar-refractivity contribution in [1.82, 2.24) is 9.80 Å². The minimum Gasteiger partial charge on any atom is -0.369 e. The van der Waals surface area contributed by atoms with E-state index in [9.17, 15) is 9.59 Å². The number of primary amides is 1. The minimum absolute atomic E-state index is 0.0614. The summed E-state index contributed by atoms with van der Waals surface area (Å²) in [5.41, 5.74) is 5.18. The molecule has 2 N–H and O–H groups in total. The molecule has 0 saturated carbocycles. The molecule has 18 heavy (non-hydrogen) atoms. The highest BCUT2D eigenvalue weighted by molar-refractivity contribution is 5.86. The van der Waals surface area contributed by atoms with Gasteiger partial charge in [0.25, 0.3) is 0 Å². The smallest absolute Gasteiger partial charge is 0.226 e. The van der Waals surface area contributed by atoms with E-state index >= 15 is 0 Å². The summed E-state index contributed by atoms with van der Waals surface area (Å²) in [4.78, 5) is 27.4. The molecular weight excluding hydrogens is 230 g/mol. The van der Waals surface area contributed by atoms with Crippen LogP contribution in [0, 0.1) is 12.3 Å². The molecule has 2 unspecified atom stereocenters. The molecule has 2 saturated heterocycles. The van der Waals surface area contributed by atoms with Crippen molar-refractivity contribution in [3.8, 4) is 0 Å². The Hall–Kier alpha value is -1.10. The zero-order valence-electron chi connectivity index (χ0n) is 11.1. The Balaban J connectivity index is 1.80. The van der Waals surface area contributed by atoms with E-state index in [-0.39, 0.29) is 17.7 Å². The molecule has 2 amide bonds. The van der Waals surface area contributed by atoms with Gasteiger partial charge in [-0.1, -0.05) is 13.8 Å². The number of hydrogen-bond donors (Lipinski definition) is 1. The van der Waals surface area contributed by atoms with E-state index < -0.39 is 0 Å². The van der Waals surface area contributed by atoms with Gasteiger partial charge in [-0.3, -0.25) is 14.5 Å². The van der Waals surface area contributed by atoms with Gasteiger partial charge in [-0.2, -0.15) is 0 Å². The maximum absolute atomic E-state index is 12.1. The average molecular weight is 252 g/mol. The Morgan fingerprint density at radius 3 is 2.61 bits per heavy atom. The van der Waals surface area contributed by atoms with Gasteiger partial charge in [0, 0.05) is 31.1 Å². The third kappa shape index (κ3) is 2.51. The second-order valence-corrected chi connectivity index (χ2v) is 5.36. The van der Waals surface area contributed by atoms with E-state index in [4.69, 9.17) is 5.73 Å². The Morgan fingerprint density at radius 2 is 2.11 bits per heavy atom. The van der Waals surface area contributed by atoms with Gasteiger partial charge in [-0.25, -0.2) is 0 Å². The number of hydrogen-bond acceptors (Lipinski definition) is 3. The van der Waals surface area contributed by atoms with Crippen LogP contribution in [-0.4, -0.2) is 53.3 Å². The van der Waals surface area contributed by atoms with Gasteiger partial charge in [-0.05, 0) is 19.4 Å². The van der Waals surface area contributed by atoms with Crippen LogP contribution in [0.3, 0.4) is 0 Å². The lowest BCUT2D eigenvalue weighted by Crippen LogP contribution is -2.48. The highest BCUT2D eigenvalue weighted by atomic mass is 16.2. The Bertz CT molecular complexity index is 345. The molecule has 3 atom stereocenters. The first-order valence-corrected chi connectivity index (χ1v) is 6.70. The number of nitrogens with two attached hydrogens (primary N) is 1. The van der Waals surface area contributed by atoms with Gasteiger partial charge < -0.3 is 10.6 Å². The number of rotatable bonds is 5. The Kier molecular flexibility index (Phi) is 3.90. The van der Waals surface area contributed by atoms with Crippen molar-refractivity contribution >= 4 is 11.8 Å². The van der Waals surface area contributed by atoms with Crippen LogP contribution in [0.5, 0.6) is 0 Å². The number of fused-ring (bicyclic) bond motifs is 2. The van der Waals surface area contributed by atoms with Crippen LogP contribution in [0.1, 0.15) is 26.7 Å². The van der Waals surface area contributed by atoms with Gasteiger partial charge in [-0.15, -0.1) is 0 Å². The van der Waals surface area contributed by atoms with Crippen molar-refractivity contribution in [3.63, 3.8) is 0 Å². The maximum atomic E-state index is 12.1. The van der Waals surface area contributed by atoms with Crippen molar-refractivity contribution in [1.29, 1.82) is 0 Å². The normalized spacial score (nSPS) is 28.7. The molecule has 2 rings (SSSR count). The molecule has 0 aromatic heterocycles. The number of carbonyl (C=O) groups is 2. The standard InChI is InChI=1S/C13H22N3O2/c1-3-15-7-11-6-10(15)8-16(11)12(17)5-4-9(2)13(14)18/h5,9-11H,3-4,6-8H2,1-2H3,(H2,14,18)/t9?,10?,11-/m0/s1. The second-order valence-electron chi connectivity index (χ2n) is 5.36. The average Bonchev–Trinajstić information content (AvgIpc) is 2.94. The molecule has 2 aliphatic rings. The zero-order valence-corrected chi connectivity index (χ0v) is 11.1. The molecule has 0 aromatic carbocycles. The summed E-state index contributed by atoms with van der Waals surface area (Å²) < 4.78 is 0. The molecular formula is C13H22N3O2. The predicted molar refractivity (Wildman–Crippen MR) is 68.4 cm³/mol. The summed E-state index contributed by atoms with van der Waals surface area (Å²) in [5, 5.41) is 0. The first-order valence-electron chi connectivity index (χ1n) is 6.70. The van der Waals surface area contributed by atoms with Crippen molar-refractivity contribution in [2.45, 2.75) is 38.8 Å². The topological polar surface area (TPSA) is 66.6 Å². The Labute approximate surface area is 108 Å². The molecule has 2 fully saturated rings. The summed E-state index contributed by atoms with van der Waals surface area (Å²) in [6.07, 6.45) is 3.16. The third-order valence-corrected chi connectivity index (χ3v) is 4.18. The van der Waals surface area contributed by atoms with Gasteiger partial charge in [0.15, 0.2) is 0 Å². The lowest BCUT2D eigenvalue weighted by molar-refractivity contribution is -0.130. The summed E-state index contributed by atoms with van der Waals surface area (Å²) in [6.45, 7) is 6.80. The molecule has 2 bridgehead atoms. The van der Waals surface area contributed by atoms with Gasteiger partial charge >= 0.3 is 0 Å². The van der Waals surface area contributed by atoms with E-state index in [2.05, 4.69) is 11.8 Å². The van der Waals surface area contributed by atoms with Crippen molar-refractivity contribution in [3.05, 3.63) is 6.42 Å². The summed E-state index contributed by atoms with van der Waals surface area (Å²) in [5.74, 6) is -0.550. The fourth-order valence-corrected chi connectivity index (χ4v) is 2.92. The fraction of sp³-hybridized carbons (Fsp3) is 0.769. The number of carbonyl (C=O) groups excluding carboxylic acids is 2. The molecule has 0 spiro atoms. The number of nitrogens with zero attached hydrogens (tertiary/aromatic N) is 2. The van der Waals surface area contributed by atoms with Crippen LogP contribution >= 0.6 is 0 Å². The summed E-state index contributed by atoms with van der Waals surface area (Å²) >= 11 is 0. The molecule has 1 radical (unpaired) electrons. The van der Waals surface area contributed by atoms with E-state index in [1.165, 1.54) is 0 Å². The van der Waals surface area contributed by atoms with Crippen LogP contribution in [0.15, 0.2) is 0 Å². The van der Waals surface area contributed by atoms with Gasteiger partial charge in [0.05, 0.1) is 6.42 Å². The number of likely N-dealkylation sites (N-methyl/N-ethyl adjacent to an activating group) is 1. The van der Waals surface area contributed by atoms with Crippen molar-refractivity contribution in [2.75, 3.05) is 19.6 Å². The van der Waals surface area contributed by atoms with Crippen LogP contribution in [0.25, 0.3) is 0 Å². The number of piperazine rings is 1. The zero-order chi connectivity index (χ0) is 13.3. The second kappa shape index (κ2) is 5.26. The number of amides is 2. The predicted octanol–water partition coefficient (Wildman–Crippen LogP) is 0.00719. The van der Waals surface area contributed by atoms with Crippen molar-refractivity contribution < 1.29 is 9.59 Å². The molecule has 0 aliphatic carbocycles. The van der Waals surface area contributed by atoms with Crippen LogP contribution in [-0.2, 0) is 9.59 Å². The third-order valence-electron chi connectivity index (χ3n) is 4.18. The largest absolute Gasteiger partial charge is 0.369 e. The van der Waals surface area contributed by atoms with E-state index in [1.54, 1.807) is 13.3 Å². The first kappa shape index (κ1) is 13.3. The minimum atomic E-state index is -0.348. The van der Waals surface area contributed by atoms with Gasteiger partial charge in [0.2, 0.25) is 11.8 Å². The van der Waals surface area contributed by atoms with Crippen LogP contribution in [0.4, 0.5) is 0 Å². The van der Waals surface area contributed by atoms with E-state index in [0.717, 1.165) is 26.1 Å². The van der Waals surface area contributed by atoms with Crippen LogP contribution < -0.4 is 5.73 Å². The SMILES string of the molecule is CCN1C[C@@H]2CC1CN2C(=O)[CH]CC(C)C(N)=O. The molecule has 2 aliphatic heterocycles. The van der Waals surface area contributed by atoms with E-state index in [0.29, 0.717) is 18.5 Å². The molecule has 101 valence electrons. The molecule has 5 heteroatoms. The monoisotopic (exact) mass is 252 g/mol. The molecule has 0 aromatic rings. The quantitative estimate of drug-likeness (QED) is 0.749. The Morgan fingerprint density at radius 1 is 1.39 bits per heavy atom. The summed E-state index contributed by atoms with van der Waals surface area (Å²) in [7, 11) is 0. The highest BCUT2D eigenvalue weighted by Gasteiger charge is 2.44. The van der Waals surface area contributed by atoms with E-state index in [1.807, 2.05) is 4.90 Å². The molecule has 2 heterocycles. The maximum Gasteiger partial charge on any atom is 0.226 e. The lowest BCUT2D eigenvalue weighted by Gasteiger charge is -2.33. The first-order chi connectivity index (χ1) is 8.52.